The van der Waals surface area contributed by atoms with Crippen molar-refractivity contribution in [2.24, 2.45) is 0 Å². The van der Waals surface area contributed by atoms with Gasteiger partial charge in [0.25, 0.3) is 0 Å². The van der Waals surface area contributed by atoms with Gasteiger partial charge in [0.2, 0.25) is 0 Å². The molecule has 0 amide bonds. The fourth-order valence-corrected chi connectivity index (χ4v) is 2.78. The fourth-order valence-electron chi connectivity index (χ4n) is 2.39. The van der Waals surface area contributed by atoms with Gasteiger partial charge >= 0.3 is 0 Å². The van der Waals surface area contributed by atoms with Crippen molar-refractivity contribution in [2.45, 2.75) is 12.5 Å². The number of phenols is 1. The van der Waals surface area contributed by atoms with Gasteiger partial charge in [-0.3, -0.25) is 9.29 Å². The summed E-state index contributed by atoms with van der Waals surface area (Å²) in [5.74, 6) is 0.220. The first-order chi connectivity index (χ1) is 8.72. The van der Waals surface area contributed by atoms with Gasteiger partial charge in [-0.05, 0) is 40.0 Å². The number of nitrogens with zero attached hydrogens (tertiary/aromatic N) is 1. The van der Waals surface area contributed by atoms with Crippen LogP contribution in [-0.2, 0) is 0 Å². The molecule has 0 aromatic heterocycles. The van der Waals surface area contributed by atoms with Gasteiger partial charge in [-0.1, -0.05) is 6.07 Å². The number of aromatic hydroxyl groups is 1. The van der Waals surface area contributed by atoms with Crippen molar-refractivity contribution in [2.75, 3.05) is 32.9 Å². The van der Waals surface area contributed by atoms with E-state index in [0.717, 1.165) is 31.7 Å². The number of piperazine rings is 1. The molecule has 2 rings (SSSR count). The lowest BCUT2D eigenvalue weighted by Gasteiger charge is -2.35. The topological polar surface area (TPSA) is 35.5 Å². The highest BCUT2D eigenvalue weighted by molar-refractivity contribution is 9.10. The van der Waals surface area contributed by atoms with Gasteiger partial charge < -0.3 is 10.4 Å². The molecule has 1 saturated heterocycles. The van der Waals surface area contributed by atoms with E-state index in [1.54, 1.807) is 6.07 Å². The fraction of sp³-hybridized carbons (Fsp3) is 0.538. The second kappa shape index (κ2) is 8.04. The number of alkyl halides is 1. The maximum Gasteiger partial charge on any atom is 0.129 e. The number of halogens is 3. The largest absolute Gasteiger partial charge is 0.507 e. The van der Waals surface area contributed by atoms with E-state index in [-0.39, 0.29) is 30.9 Å². The molecule has 1 heterocycles. The Morgan fingerprint density at radius 1 is 1.37 bits per heavy atom. The molecule has 19 heavy (non-hydrogen) atoms. The van der Waals surface area contributed by atoms with Crippen LogP contribution in [0.25, 0.3) is 0 Å². The molecule has 0 saturated carbocycles. The normalized spacial score (nSPS) is 17.8. The Balaban J connectivity index is 0.00000180. The van der Waals surface area contributed by atoms with Crippen LogP contribution in [0.2, 0.25) is 0 Å². The summed E-state index contributed by atoms with van der Waals surface area (Å²) in [6.07, 6.45) is 0.497. The van der Waals surface area contributed by atoms with E-state index in [4.69, 9.17) is 0 Å². The summed E-state index contributed by atoms with van der Waals surface area (Å²) < 4.78 is 13.4. The summed E-state index contributed by atoms with van der Waals surface area (Å²) in [5, 5.41) is 12.8. The van der Waals surface area contributed by atoms with Gasteiger partial charge in [0.05, 0.1) is 11.1 Å². The van der Waals surface area contributed by atoms with Crippen molar-refractivity contribution in [3.05, 3.63) is 28.2 Å². The molecule has 1 aromatic rings. The van der Waals surface area contributed by atoms with Crippen molar-refractivity contribution in [3.63, 3.8) is 0 Å². The van der Waals surface area contributed by atoms with Gasteiger partial charge in [-0.15, -0.1) is 12.4 Å². The molecule has 0 bridgehead atoms. The third-order valence-corrected chi connectivity index (χ3v) is 3.97. The molecular formula is C13H19BrClFN2O. The first kappa shape index (κ1) is 16.7. The number of rotatable bonds is 4. The third kappa shape index (κ3) is 4.31. The minimum atomic E-state index is -0.326. The smallest absolute Gasteiger partial charge is 0.129 e. The highest BCUT2D eigenvalue weighted by atomic mass is 79.9. The first-order valence-corrected chi connectivity index (χ1v) is 7.01. The molecule has 1 aromatic carbocycles. The van der Waals surface area contributed by atoms with Gasteiger partial charge in [0.1, 0.15) is 5.75 Å². The average Bonchev–Trinajstić information content (AvgIpc) is 2.40. The molecule has 0 spiro atoms. The molecular weight excluding hydrogens is 335 g/mol. The predicted octanol–water partition coefficient (Wildman–Crippen LogP) is 2.88. The van der Waals surface area contributed by atoms with E-state index in [2.05, 4.69) is 26.1 Å². The molecule has 1 atom stereocenters. The quantitative estimate of drug-likeness (QED) is 0.874. The second-order valence-electron chi connectivity index (χ2n) is 4.49. The van der Waals surface area contributed by atoms with Crippen molar-refractivity contribution in [1.82, 2.24) is 10.2 Å². The lowest BCUT2D eigenvalue weighted by molar-refractivity contribution is 0.157. The summed E-state index contributed by atoms with van der Waals surface area (Å²) in [7, 11) is 0. The lowest BCUT2D eigenvalue weighted by atomic mass is 10.0. The molecule has 1 aliphatic rings. The van der Waals surface area contributed by atoms with Crippen molar-refractivity contribution >= 4 is 28.3 Å². The van der Waals surface area contributed by atoms with Crippen molar-refractivity contribution in [3.8, 4) is 5.75 Å². The van der Waals surface area contributed by atoms with Crippen LogP contribution in [0.5, 0.6) is 5.75 Å². The minimum absolute atomic E-state index is 0. The van der Waals surface area contributed by atoms with Gasteiger partial charge in [-0.25, -0.2) is 0 Å². The predicted molar refractivity (Wildman–Crippen MR) is 80.8 cm³/mol. The zero-order valence-electron chi connectivity index (χ0n) is 10.6. The van der Waals surface area contributed by atoms with Crippen LogP contribution in [-0.4, -0.2) is 42.9 Å². The first-order valence-electron chi connectivity index (χ1n) is 6.21. The highest BCUT2D eigenvalue weighted by Crippen LogP contribution is 2.31. The number of phenolic OH excluding ortho intramolecular Hbond substituents is 1. The van der Waals surface area contributed by atoms with Crippen molar-refractivity contribution < 1.29 is 9.50 Å². The summed E-state index contributed by atoms with van der Waals surface area (Å²) in [5.41, 5.74) is 1.05. The molecule has 0 unspecified atom stereocenters. The SMILES string of the molecule is Cl.Oc1ccc([C@@H](CCF)N2CCNCC2)cc1Br. The molecule has 6 heteroatoms. The Morgan fingerprint density at radius 3 is 2.63 bits per heavy atom. The highest BCUT2D eigenvalue weighted by Gasteiger charge is 2.22. The number of benzene rings is 1. The maximum atomic E-state index is 12.8. The zero-order valence-corrected chi connectivity index (χ0v) is 13.0. The molecule has 3 nitrogen and oxygen atoms in total. The minimum Gasteiger partial charge on any atom is -0.507 e. The van der Waals surface area contributed by atoms with Crippen LogP contribution in [0.4, 0.5) is 4.39 Å². The third-order valence-electron chi connectivity index (χ3n) is 3.33. The van der Waals surface area contributed by atoms with Crippen LogP contribution in [0, 0.1) is 0 Å². The van der Waals surface area contributed by atoms with E-state index in [1.165, 1.54) is 0 Å². The molecule has 0 radical (unpaired) electrons. The van der Waals surface area contributed by atoms with Crippen LogP contribution < -0.4 is 5.32 Å². The van der Waals surface area contributed by atoms with Gasteiger partial charge in [0.15, 0.2) is 0 Å². The summed E-state index contributed by atoms with van der Waals surface area (Å²) in [6.45, 7) is 3.43. The van der Waals surface area contributed by atoms with E-state index in [0.29, 0.717) is 10.9 Å². The van der Waals surface area contributed by atoms with Gasteiger partial charge in [-0.2, -0.15) is 0 Å². The van der Waals surface area contributed by atoms with Crippen LogP contribution >= 0.6 is 28.3 Å². The number of nitrogens with one attached hydrogen (secondary N) is 1. The van der Waals surface area contributed by atoms with E-state index in [1.807, 2.05) is 12.1 Å². The number of hydrogen-bond donors (Lipinski definition) is 2. The standard InChI is InChI=1S/C13H18BrFN2O.ClH/c14-11-9-10(1-2-13(11)18)12(3-4-15)17-7-5-16-6-8-17;/h1-2,9,12,16,18H,3-8H2;1H/t12-;/m1./s1. The Kier molecular flexibility index (Phi) is 7.07. The monoisotopic (exact) mass is 352 g/mol. The maximum absolute atomic E-state index is 12.8. The van der Waals surface area contributed by atoms with E-state index < -0.39 is 0 Å². The van der Waals surface area contributed by atoms with E-state index >= 15 is 0 Å². The zero-order chi connectivity index (χ0) is 13.0. The summed E-state index contributed by atoms with van der Waals surface area (Å²) >= 11 is 3.31. The Hall–Kier alpha value is -0.360. The molecule has 0 aliphatic carbocycles. The Bertz CT molecular complexity index is 402. The van der Waals surface area contributed by atoms with Crippen LogP contribution in [0.1, 0.15) is 18.0 Å². The number of hydrogen-bond acceptors (Lipinski definition) is 3. The Labute approximate surface area is 127 Å². The van der Waals surface area contributed by atoms with E-state index in [9.17, 15) is 9.50 Å². The molecule has 108 valence electrons. The Morgan fingerprint density at radius 2 is 2.05 bits per heavy atom. The average molecular weight is 354 g/mol. The summed E-state index contributed by atoms with van der Waals surface area (Å²) in [4.78, 5) is 2.30. The van der Waals surface area contributed by atoms with Crippen molar-refractivity contribution in [1.29, 1.82) is 0 Å². The summed E-state index contributed by atoms with van der Waals surface area (Å²) in [6, 6.07) is 5.52. The second-order valence-corrected chi connectivity index (χ2v) is 5.34. The molecule has 1 aliphatic heterocycles. The molecule has 1 fully saturated rings. The lowest BCUT2D eigenvalue weighted by Crippen LogP contribution is -2.45. The molecule has 2 N–H and O–H groups in total. The van der Waals surface area contributed by atoms with Crippen LogP contribution in [0.15, 0.2) is 22.7 Å². The van der Waals surface area contributed by atoms with Gasteiger partial charge in [0, 0.05) is 32.2 Å². The van der Waals surface area contributed by atoms with Crippen LogP contribution in [0.3, 0.4) is 0 Å².